The van der Waals surface area contributed by atoms with E-state index in [1.807, 2.05) is 51.1 Å². The van der Waals surface area contributed by atoms with Crippen LogP contribution in [0.3, 0.4) is 0 Å². The molecule has 2 aromatic carbocycles. The molecule has 220 valence electrons. The number of benzene rings is 2. The van der Waals surface area contributed by atoms with E-state index in [1.165, 1.54) is 6.07 Å². The van der Waals surface area contributed by atoms with Crippen molar-refractivity contribution < 1.29 is 29.0 Å². The summed E-state index contributed by atoms with van der Waals surface area (Å²) in [5.41, 5.74) is 6.75. The Bertz CT molecular complexity index is 1290. The number of hydrogen-bond donors (Lipinski definition) is 3. The van der Waals surface area contributed by atoms with Crippen LogP contribution in [0.2, 0.25) is 5.02 Å². The maximum absolute atomic E-state index is 14.0. The molecule has 0 radical (unpaired) electrons. The Morgan fingerprint density at radius 2 is 1.68 bits per heavy atom. The lowest BCUT2D eigenvalue weighted by Gasteiger charge is -2.33. The third-order valence-electron chi connectivity index (χ3n) is 8.05. The Kier molecular flexibility index (Phi) is 9.27. The highest BCUT2D eigenvalue weighted by Crippen LogP contribution is 2.47. The number of likely N-dealkylation sites (tertiary alicyclic amines) is 1. The van der Waals surface area contributed by atoms with E-state index in [4.69, 9.17) is 22.1 Å². The molecule has 1 saturated carbocycles. The number of nitrogens with one attached hydrogen (secondary N) is 1. The molecule has 1 aliphatic heterocycles. The van der Waals surface area contributed by atoms with Gasteiger partial charge in [0.05, 0.1) is 10.6 Å². The van der Waals surface area contributed by atoms with E-state index >= 15 is 0 Å². The zero-order valence-corrected chi connectivity index (χ0v) is 24.4. The van der Waals surface area contributed by atoms with Gasteiger partial charge in [0.1, 0.15) is 11.6 Å². The van der Waals surface area contributed by atoms with E-state index in [2.05, 4.69) is 5.32 Å². The fourth-order valence-corrected chi connectivity index (χ4v) is 6.53. The maximum atomic E-state index is 14.0. The van der Waals surface area contributed by atoms with Gasteiger partial charge >= 0.3 is 12.1 Å². The van der Waals surface area contributed by atoms with Crippen LogP contribution in [0.15, 0.2) is 48.5 Å². The minimum absolute atomic E-state index is 0.0327. The van der Waals surface area contributed by atoms with Crippen LogP contribution in [-0.2, 0) is 14.3 Å². The summed E-state index contributed by atoms with van der Waals surface area (Å²) in [4.78, 5) is 52.4. The number of primary amides is 1. The molecule has 10 heteroatoms. The number of hydrogen-bond acceptors (Lipinski definition) is 5. The smallest absolute Gasteiger partial charge is 0.407 e. The molecule has 4 N–H and O–H groups in total. The Morgan fingerprint density at radius 3 is 2.27 bits per heavy atom. The van der Waals surface area contributed by atoms with Gasteiger partial charge in [0, 0.05) is 30.8 Å². The highest BCUT2D eigenvalue weighted by Gasteiger charge is 2.50. The van der Waals surface area contributed by atoms with Crippen LogP contribution >= 0.6 is 11.6 Å². The molecule has 2 aliphatic rings. The number of alkyl carbamates (subject to hydrolysis) is 1. The van der Waals surface area contributed by atoms with Crippen LogP contribution in [0.1, 0.15) is 79.8 Å². The van der Waals surface area contributed by atoms with Crippen molar-refractivity contribution in [2.45, 2.75) is 69.9 Å². The third-order valence-corrected chi connectivity index (χ3v) is 8.47. The molecular weight excluding hydrogens is 546 g/mol. The topological polar surface area (TPSA) is 139 Å². The SMILES string of the molecule is CC(C)(C)OC(=O)NCC1CCC(C(=O)N2CC(c3cccc(C(=O)O)c3Cl)[C@@H](c3ccccc3)[C@H]2C(N)=O)CC1. The monoisotopic (exact) mass is 583 g/mol. The van der Waals surface area contributed by atoms with Gasteiger partial charge in [0.25, 0.3) is 0 Å². The Labute approximate surface area is 245 Å². The fourth-order valence-electron chi connectivity index (χ4n) is 6.18. The van der Waals surface area contributed by atoms with Gasteiger partial charge in [-0.3, -0.25) is 9.59 Å². The van der Waals surface area contributed by atoms with Crippen molar-refractivity contribution in [3.63, 3.8) is 0 Å². The van der Waals surface area contributed by atoms with Crippen molar-refractivity contribution in [3.8, 4) is 0 Å². The number of halogens is 1. The lowest BCUT2D eigenvalue weighted by molar-refractivity contribution is -0.142. The molecule has 3 amide bonds. The van der Waals surface area contributed by atoms with E-state index < -0.39 is 41.4 Å². The number of ether oxygens (including phenoxy) is 1. The first-order valence-corrected chi connectivity index (χ1v) is 14.4. The number of nitrogens with zero attached hydrogens (tertiary/aromatic N) is 1. The number of carboxylic acid groups (broad SMARTS) is 1. The number of carbonyl (C=O) groups excluding carboxylic acids is 3. The van der Waals surface area contributed by atoms with Crippen molar-refractivity contribution in [3.05, 3.63) is 70.2 Å². The average Bonchev–Trinajstić information content (AvgIpc) is 3.32. The second kappa shape index (κ2) is 12.5. The van der Waals surface area contributed by atoms with Crippen LogP contribution in [0.5, 0.6) is 0 Å². The van der Waals surface area contributed by atoms with Crippen LogP contribution in [-0.4, -0.2) is 58.6 Å². The summed E-state index contributed by atoms with van der Waals surface area (Å²) in [7, 11) is 0. The molecule has 3 atom stereocenters. The predicted molar refractivity (Wildman–Crippen MR) is 155 cm³/mol. The summed E-state index contributed by atoms with van der Waals surface area (Å²) >= 11 is 6.60. The molecule has 1 saturated heterocycles. The molecule has 2 fully saturated rings. The van der Waals surface area contributed by atoms with Crippen molar-refractivity contribution in [1.29, 1.82) is 0 Å². The Hall–Kier alpha value is -3.59. The van der Waals surface area contributed by atoms with Crippen molar-refractivity contribution in [2.24, 2.45) is 17.6 Å². The molecule has 1 unspecified atom stereocenters. The first-order valence-electron chi connectivity index (χ1n) is 14.0. The van der Waals surface area contributed by atoms with Crippen molar-refractivity contribution >= 4 is 35.5 Å². The second-order valence-corrected chi connectivity index (χ2v) is 12.4. The van der Waals surface area contributed by atoms with Crippen LogP contribution in [0.4, 0.5) is 4.79 Å². The van der Waals surface area contributed by atoms with Gasteiger partial charge in [0.2, 0.25) is 11.8 Å². The lowest BCUT2D eigenvalue weighted by Crippen LogP contribution is -2.48. The largest absolute Gasteiger partial charge is 0.478 e. The summed E-state index contributed by atoms with van der Waals surface area (Å²) in [6, 6.07) is 13.3. The predicted octanol–water partition coefficient (Wildman–Crippen LogP) is 4.93. The second-order valence-electron chi connectivity index (χ2n) is 12.0. The standard InChI is InChI=1S/C31H38ClN3O6/c1-31(2,3)41-30(40)34-16-18-12-14-20(15-13-18)28(37)35-17-23(21-10-7-11-22(25(21)32)29(38)39)24(26(35)27(33)36)19-8-5-4-6-9-19/h4-11,18,20,23-24,26H,12-17H2,1-3H3,(H2,33,36)(H,34,40)(H,38,39)/t18?,20?,23?,24-,26+/m1/s1. The fraction of sp³-hybridized carbons (Fsp3) is 0.484. The van der Waals surface area contributed by atoms with Gasteiger partial charge in [0.15, 0.2) is 0 Å². The van der Waals surface area contributed by atoms with E-state index in [9.17, 15) is 24.3 Å². The van der Waals surface area contributed by atoms with E-state index in [-0.39, 0.29) is 34.9 Å². The van der Waals surface area contributed by atoms with Crippen molar-refractivity contribution in [1.82, 2.24) is 10.2 Å². The van der Waals surface area contributed by atoms with Crippen molar-refractivity contribution in [2.75, 3.05) is 13.1 Å². The van der Waals surface area contributed by atoms with Crippen LogP contribution in [0, 0.1) is 11.8 Å². The maximum Gasteiger partial charge on any atom is 0.407 e. The van der Waals surface area contributed by atoms with Gasteiger partial charge < -0.3 is 25.8 Å². The lowest BCUT2D eigenvalue weighted by atomic mass is 9.79. The Balaban J connectivity index is 1.54. The molecule has 9 nitrogen and oxygen atoms in total. The van der Waals surface area contributed by atoms with E-state index in [1.54, 1.807) is 17.0 Å². The summed E-state index contributed by atoms with van der Waals surface area (Å²) in [5.74, 6) is -2.89. The summed E-state index contributed by atoms with van der Waals surface area (Å²) in [6.07, 6.45) is 2.29. The minimum atomic E-state index is -1.15. The zero-order chi connectivity index (χ0) is 29.9. The van der Waals surface area contributed by atoms with Gasteiger partial charge in [-0.05, 0) is 69.6 Å². The Morgan fingerprint density at radius 1 is 1.02 bits per heavy atom. The normalized spacial score (nSPS) is 24.5. The molecule has 4 rings (SSSR count). The summed E-state index contributed by atoms with van der Waals surface area (Å²) < 4.78 is 5.32. The van der Waals surface area contributed by atoms with Gasteiger partial charge in [-0.25, -0.2) is 9.59 Å². The summed E-state index contributed by atoms with van der Waals surface area (Å²) in [6.45, 7) is 6.09. The number of carbonyl (C=O) groups is 4. The van der Waals surface area contributed by atoms with Gasteiger partial charge in [-0.1, -0.05) is 54.1 Å². The molecule has 0 aromatic heterocycles. The number of nitrogens with two attached hydrogens (primary N) is 1. The number of aromatic carboxylic acids is 1. The molecule has 41 heavy (non-hydrogen) atoms. The number of rotatable bonds is 7. The molecular formula is C31H38ClN3O6. The summed E-state index contributed by atoms with van der Waals surface area (Å²) in [5, 5.41) is 12.6. The van der Waals surface area contributed by atoms with Gasteiger partial charge in [-0.2, -0.15) is 0 Å². The van der Waals surface area contributed by atoms with Gasteiger partial charge in [-0.15, -0.1) is 0 Å². The number of carboxylic acids is 1. The average molecular weight is 584 g/mol. The van der Waals surface area contributed by atoms with Crippen LogP contribution < -0.4 is 11.1 Å². The number of amides is 3. The molecule has 1 heterocycles. The third kappa shape index (κ3) is 7.01. The minimum Gasteiger partial charge on any atom is -0.478 e. The quantitative estimate of drug-likeness (QED) is 0.422. The van der Waals surface area contributed by atoms with Crippen LogP contribution in [0.25, 0.3) is 0 Å². The highest BCUT2D eigenvalue weighted by atomic mass is 35.5. The highest BCUT2D eigenvalue weighted by molar-refractivity contribution is 6.34. The molecule has 0 spiro atoms. The van der Waals surface area contributed by atoms with E-state index in [0.29, 0.717) is 24.9 Å². The molecule has 2 aromatic rings. The molecule has 1 aliphatic carbocycles. The first-order chi connectivity index (χ1) is 19.4. The molecule has 0 bridgehead atoms. The van der Waals surface area contributed by atoms with E-state index in [0.717, 1.165) is 18.4 Å². The zero-order valence-electron chi connectivity index (χ0n) is 23.6. The first kappa shape index (κ1) is 30.4.